The molecule has 3 N–H and O–H groups in total. The van der Waals surface area contributed by atoms with Crippen molar-refractivity contribution in [3.05, 3.63) is 46.7 Å². The first kappa shape index (κ1) is 19.4. The van der Waals surface area contributed by atoms with Gasteiger partial charge in [0.1, 0.15) is 10.7 Å². The molecule has 0 radical (unpaired) electrons. The summed E-state index contributed by atoms with van der Waals surface area (Å²) in [6, 6.07) is 5.33. The van der Waals surface area contributed by atoms with Crippen molar-refractivity contribution in [2.45, 2.75) is 6.18 Å². The highest BCUT2D eigenvalue weighted by Gasteiger charge is 2.32. The second-order valence-electron chi connectivity index (χ2n) is 5.33. The molecular formula is C16H11ClF3N5O3. The van der Waals surface area contributed by atoms with Crippen LogP contribution < -0.4 is 15.2 Å². The van der Waals surface area contributed by atoms with E-state index in [1.807, 2.05) is 0 Å². The van der Waals surface area contributed by atoms with Gasteiger partial charge in [-0.15, -0.1) is 0 Å². The third-order valence-corrected chi connectivity index (χ3v) is 3.84. The van der Waals surface area contributed by atoms with Crippen molar-refractivity contribution in [3.63, 3.8) is 0 Å². The first-order valence-corrected chi connectivity index (χ1v) is 7.88. The van der Waals surface area contributed by atoms with E-state index in [0.29, 0.717) is 12.3 Å². The number of primary amides is 1. The average Bonchev–Trinajstić information content (AvgIpc) is 3.12. The molecule has 12 heteroatoms. The molecule has 28 heavy (non-hydrogen) atoms. The smallest absolute Gasteiger partial charge is 0.417 e. The Morgan fingerprint density at radius 1 is 1.29 bits per heavy atom. The van der Waals surface area contributed by atoms with E-state index in [0.717, 1.165) is 0 Å². The SMILES string of the molecule is COc1cccc(-c2n[nH]nc2C(N)=O)c1Oc1ncc(C(F)(F)F)cc1Cl. The average molecular weight is 414 g/mol. The van der Waals surface area contributed by atoms with Crippen LogP contribution >= 0.6 is 11.6 Å². The number of nitrogens with two attached hydrogens (primary N) is 1. The Bertz CT molecular complexity index is 1040. The van der Waals surface area contributed by atoms with Gasteiger partial charge in [0.05, 0.1) is 18.2 Å². The minimum absolute atomic E-state index is 0.00978. The van der Waals surface area contributed by atoms with Crippen LogP contribution in [0.1, 0.15) is 16.1 Å². The highest BCUT2D eigenvalue weighted by Crippen LogP contribution is 2.42. The molecule has 2 aromatic heterocycles. The Morgan fingerprint density at radius 3 is 2.64 bits per heavy atom. The normalized spacial score (nSPS) is 11.3. The molecule has 0 aliphatic heterocycles. The van der Waals surface area contributed by atoms with Gasteiger partial charge in [0.25, 0.3) is 5.91 Å². The molecule has 0 saturated heterocycles. The summed E-state index contributed by atoms with van der Waals surface area (Å²) >= 11 is 5.90. The lowest BCUT2D eigenvalue weighted by molar-refractivity contribution is -0.137. The molecule has 0 fully saturated rings. The summed E-state index contributed by atoms with van der Waals surface area (Å²) in [6.07, 6.45) is -4.02. The van der Waals surface area contributed by atoms with Gasteiger partial charge < -0.3 is 15.2 Å². The number of benzene rings is 1. The molecule has 8 nitrogen and oxygen atoms in total. The third-order valence-electron chi connectivity index (χ3n) is 3.57. The maximum Gasteiger partial charge on any atom is 0.417 e. The second-order valence-corrected chi connectivity index (χ2v) is 5.74. The number of nitrogens with zero attached hydrogens (tertiary/aromatic N) is 3. The van der Waals surface area contributed by atoms with E-state index in [2.05, 4.69) is 20.4 Å². The molecule has 3 aromatic rings. The molecule has 2 heterocycles. The van der Waals surface area contributed by atoms with Crippen LogP contribution in [-0.2, 0) is 6.18 Å². The number of methoxy groups -OCH3 is 1. The maximum absolute atomic E-state index is 12.8. The third kappa shape index (κ3) is 3.69. The van der Waals surface area contributed by atoms with Crippen LogP contribution in [0.15, 0.2) is 30.5 Å². The van der Waals surface area contributed by atoms with Crippen molar-refractivity contribution in [2.75, 3.05) is 7.11 Å². The van der Waals surface area contributed by atoms with E-state index in [1.165, 1.54) is 19.2 Å². The van der Waals surface area contributed by atoms with Gasteiger partial charge in [0, 0.05) is 6.20 Å². The first-order valence-electron chi connectivity index (χ1n) is 7.51. The molecule has 0 aliphatic carbocycles. The Morgan fingerprint density at radius 2 is 2.04 bits per heavy atom. The topological polar surface area (TPSA) is 116 Å². The van der Waals surface area contributed by atoms with Crippen molar-refractivity contribution in [2.24, 2.45) is 5.73 Å². The number of hydrogen-bond donors (Lipinski definition) is 2. The van der Waals surface area contributed by atoms with E-state index in [4.69, 9.17) is 26.8 Å². The molecule has 0 atom stereocenters. The van der Waals surface area contributed by atoms with Crippen LogP contribution in [0.4, 0.5) is 13.2 Å². The second kappa shape index (κ2) is 7.35. The number of alkyl halides is 3. The van der Waals surface area contributed by atoms with Crippen molar-refractivity contribution in [1.82, 2.24) is 20.4 Å². The van der Waals surface area contributed by atoms with Crippen LogP contribution in [0.5, 0.6) is 17.4 Å². The predicted octanol–water partition coefficient (Wildman–Crippen LogP) is 3.44. The van der Waals surface area contributed by atoms with E-state index in [1.54, 1.807) is 6.07 Å². The lowest BCUT2D eigenvalue weighted by Gasteiger charge is -2.15. The number of aromatic amines is 1. The Kier molecular flexibility index (Phi) is 5.10. The molecule has 0 aliphatic rings. The predicted molar refractivity (Wildman–Crippen MR) is 91.2 cm³/mol. The van der Waals surface area contributed by atoms with E-state index in [-0.39, 0.29) is 39.4 Å². The lowest BCUT2D eigenvalue weighted by atomic mass is 10.1. The highest BCUT2D eigenvalue weighted by atomic mass is 35.5. The van der Waals surface area contributed by atoms with Crippen LogP contribution in [0.3, 0.4) is 0 Å². The number of nitrogens with one attached hydrogen (secondary N) is 1. The summed E-state index contributed by atoms with van der Waals surface area (Å²) in [4.78, 5) is 15.2. The molecule has 0 unspecified atom stereocenters. The molecule has 0 saturated carbocycles. The number of H-pyrrole nitrogens is 1. The van der Waals surface area contributed by atoms with Crippen molar-refractivity contribution in [1.29, 1.82) is 0 Å². The standard InChI is InChI=1S/C16H11ClF3N5O3/c1-27-10-4-2-3-8(11-12(14(21)26)24-25-23-11)13(10)28-15-9(17)5-7(6-22-15)16(18,19)20/h2-6H,1H3,(H2,21,26)(H,23,24,25). The summed E-state index contributed by atoms with van der Waals surface area (Å²) in [7, 11) is 1.35. The number of carbonyl (C=O) groups is 1. The minimum atomic E-state index is -4.61. The molecule has 1 aromatic carbocycles. The van der Waals surface area contributed by atoms with Crippen molar-refractivity contribution in [3.8, 4) is 28.6 Å². The Balaban J connectivity index is 2.10. The number of carbonyl (C=O) groups excluding carboxylic acids is 1. The molecular weight excluding hydrogens is 403 g/mol. The van der Waals surface area contributed by atoms with Crippen LogP contribution in [0.25, 0.3) is 11.3 Å². The number of aromatic nitrogens is 4. The summed E-state index contributed by atoms with van der Waals surface area (Å²) in [5.41, 5.74) is 4.38. The van der Waals surface area contributed by atoms with E-state index >= 15 is 0 Å². The monoisotopic (exact) mass is 413 g/mol. The van der Waals surface area contributed by atoms with Crippen LogP contribution in [0, 0.1) is 0 Å². The van der Waals surface area contributed by atoms with Gasteiger partial charge in [0.15, 0.2) is 17.2 Å². The Hall–Kier alpha value is -3.34. The fourth-order valence-corrected chi connectivity index (χ4v) is 2.52. The maximum atomic E-state index is 12.8. The number of pyridine rings is 1. The van der Waals surface area contributed by atoms with Gasteiger partial charge in [0.2, 0.25) is 5.88 Å². The molecule has 3 rings (SSSR count). The summed E-state index contributed by atoms with van der Waals surface area (Å²) in [5.74, 6) is -0.947. The first-order chi connectivity index (χ1) is 13.2. The number of ether oxygens (including phenoxy) is 2. The fourth-order valence-electron chi connectivity index (χ4n) is 2.31. The van der Waals surface area contributed by atoms with Crippen molar-refractivity contribution >= 4 is 17.5 Å². The molecule has 0 spiro atoms. The zero-order valence-corrected chi connectivity index (χ0v) is 14.8. The number of rotatable bonds is 5. The largest absolute Gasteiger partial charge is 0.493 e. The Labute approximate surface area is 160 Å². The van der Waals surface area contributed by atoms with Gasteiger partial charge in [-0.1, -0.05) is 17.7 Å². The molecule has 146 valence electrons. The van der Waals surface area contributed by atoms with Crippen LogP contribution in [0.2, 0.25) is 5.02 Å². The minimum Gasteiger partial charge on any atom is -0.493 e. The van der Waals surface area contributed by atoms with Gasteiger partial charge in [-0.3, -0.25) is 4.79 Å². The van der Waals surface area contributed by atoms with Crippen LogP contribution in [-0.4, -0.2) is 33.4 Å². The quantitative estimate of drug-likeness (QED) is 0.662. The summed E-state index contributed by atoms with van der Waals surface area (Å²) < 4.78 is 49.2. The summed E-state index contributed by atoms with van der Waals surface area (Å²) in [5, 5.41) is 9.46. The molecule has 0 bridgehead atoms. The van der Waals surface area contributed by atoms with Gasteiger partial charge in [-0.05, 0) is 18.2 Å². The number of amides is 1. The van der Waals surface area contributed by atoms with Gasteiger partial charge >= 0.3 is 6.18 Å². The molecule has 1 amide bonds. The number of para-hydroxylation sites is 1. The highest BCUT2D eigenvalue weighted by molar-refractivity contribution is 6.31. The van der Waals surface area contributed by atoms with Gasteiger partial charge in [-0.25, -0.2) is 4.98 Å². The number of hydrogen-bond acceptors (Lipinski definition) is 6. The number of halogens is 4. The van der Waals surface area contributed by atoms with Crippen molar-refractivity contribution < 1.29 is 27.4 Å². The van der Waals surface area contributed by atoms with Gasteiger partial charge in [-0.2, -0.15) is 28.6 Å². The van der Waals surface area contributed by atoms with E-state index in [9.17, 15) is 18.0 Å². The zero-order chi connectivity index (χ0) is 20.5. The fraction of sp³-hybridized carbons (Fsp3) is 0.125. The lowest BCUT2D eigenvalue weighted by Crippen LogP contribution is -2.13. The van der Waals surface area contributed by atoms with E-state index < -0.39 is 17.6 Å². The summed E-state index contributed by atoms with van der Waals surface area (Å²) in [6.45, 7) is 0. The zero-order valence-electron chi connectivity index (χ0n) is 14.0.